The van der Waals surface area contributed by atoms with Crippen LogP contribution in [0.5, 0.6) is 0 Å². The molecule has 1 N–H and O–H groups in total. The van der Waals surface area contributed by atoms with Crippen LogP contribution < -0.4 is 0 Å². The third-order valence-electron chi connectivity index (χ3n) is 5.16. The van der Waals surface area contributed by atoms with Gasteiger partial charge in [0.2, 0.25) is 5.91 Å². The number of aryl methyl sites for hydroxylation is 1. The average Bonchev–Trinajstić information content (AvgIpc) is 3.01. The Morgan fingerprint density at radius 2 is 2.12 bits per heavy atom. The van der Waals surface area contributed by atoms with E-state index in [0.29, 0.717) is 43.8 Å². The van der Waals surface area contributed by atoms with Crippen molar-refractivity contribution >= 4 is 23.3 Å². The summed E-state index contributed by atoms with van der Waals surface area (Å²) in [5, 5.41) is 14.1. The Kier molecular flexibility index (Phi) is 4.87. The molecule has 24 heavy (non-hydrogen) atoms. The summed E-state index contributed by atoms with van der Waals surface area (Å²) in [6.07, 6.45) is 2.92. The second-order valence-electron chi connectivity index (χ2n) is 6.91. The third-order valence-corrected chi connectivity index (χ3v) is 5.91. The largest absolute Gasteiger partial charge is 0.391 e. The van der Waals surface area contributed by atoms with Gasteiger partial charge in [0.25, 0.3) is 5.91 Å². The molecule has 0 bridgehead atoms. The molecule has 1 unspecified atom stereocenters. The number of likely N-dealkylation sites (tertiary alicyclic amines) is 2. The van der Waals surface area contributed by atoms with Crippen molar-refractivity contribution in [2.45, 2.75) is 45.1 Å². The molecular formula is C16H24N4O3S. The first-order valence-corrected chi connectivity index (χ1v) is 9.28. The fourth-order valence-electron chi connectivity index (χ4n) is 3.88. The molecular weight excluding hydrogens is 328 g/mol. The number of likely N-dealkylation sites (N-methyl/N-ethyl adjacent to an activating group) is 1. The molecule has 0 saturated carbocycles. The summed E-state index contributed by atoms with van der Waals surface area (Å²) < 4.78 is 3.92. The third kappa shape index (κ3) is 3.04. The van der Waals surface area contributed by atoms with Crippen molar-refractivity contribution in [3.05, 3.63) is 10.6 Å². The minimum atomic E-state index is -0.513. The van der Waals surface area contributed by atoms with E-state index in [0.717, 1.165) is 30.1 Å². The predicted octanol–water partition coefficient (Wildman–Crippen LogP) is 0.936. The average molecular weight is 352 g/mol. The lowest BCUT2D eigenvalue weighted by Crippen LogP contribution is -2.56. The van der Waals surface area contributed by atoms with Crippen LogP contribution in [-0.2, 0) is 11.2 Å². The van der Waals surface area contributed by atoms with Gasteiger partial charge in [0.05, 0.1) is 17.2 Å². The fraction of sp³-hybridized carbons (Fsp3) is 0.750. The van der Waals surface area contributed by atoms with Gasteiger partial charge in [-0.1, -0.05) is 17.8 Å². The lowest BCUT2D eigenvalue weighted by Gasteiger charge is -2.46. The van der Waals surface area contributed by atoms with Crippen LogP contribution in [0.4, 0.5) is 0 Å². The fourth-order valence-corrected chi connectivity index (χ4v) is 4.55. The SMILES string of the molecule is CCCc1nnsc1C(=O)N1CCC2(CC1)CC(O)CN(C)C2=O. The van der Waals surface area contributed by atoms with Crippen LogP contribution in [0.2, 0.25) is 0 Å². The molecule has 2 saturated heterocycles. The van der Waals surface area contributed by atoms with E-state index in [1.54, 1.807) is 16.8 Å². The number of hydrogen-bond acceptors (Lipinski definition) is 6. The zero-order chi connectivity index (χ0) is 17.3. The van der Waals surface area contributed by atoms with Gasteiger partial charge in [0.1, 0.15) is 4.88 Å². The normalized spacial score (nSPS) is 23.8. The lowest BCUT2D eigenvalue weighted by atomic mass is 9.71. The van der Waals surface area contributed by atoms with Gasteiger partial charge in [-0.05, 0) is 37.2 Å². The summed E-state index contributed by atoms with van der Waals surface area (Å²) in [4.78, 5) is 29.4. The zero-order valence-electron chi connectivity index (χ0n) is 14.2. The molecule has 8 heteroatoms. The summed E-state index contributed by atoms with van der Waals surface area (Å²) in [5.74, 6) is 0.0755. The standard InChI is InChI=1S/C16H24N4O3S/c1-3-4-12-13(24-18-17-12)14(22)20-7-5-16(6-8-20)9-11(21)10-19(2)15(16)23/h11,21H,3-10H2,1-2H3. The van der Waals surface area contributed by atoms with Gasteiger partial charge < -0.3 is 14.9 Å². The van der Waals surface area contributed by atoms with Crippen LogP contribution in [0.15, 0.2) is 0 Å². The lowest BCUT2D eigenvalue weighted by molar-refractivity contribution is -0.154. The molecule has 132 valence electrons. The molecule has 7 nitrogen and oxygen atoms in total. The molecule has 0 radical (unpaired) electrons. The molecule has 0 aromatic carbocycles. The van der Waals surface area contributed by atoms with Crippen molar-refractivity contribution in [1.82, 2.24) is 19.4 Å². The highest BCUT2D eigenvalue weighted by Crippen LogP contribution is 2.41. The Morgan fingerprint density at radius 3 is 2.79 bits per heavy atom. The van der Waals surface area contributed by atoms with Gasteiger partial charge in [-0.2, -0.15) is 0 Å². The maximum absolute atomic E-state index is 12.7. The van der Waals surface area contributed by atoms with E-state index in [-0.39, 0.29) is 11.8 Å². The van der Waals surface area contributed by atoms with Crippen molar-refractivity contribution in [3.8, 4) is 0 Å². The quantitative estimate of drug-likeness (QED) is 0.875. The highest BCUT2D eigenvalue weighted by molar-refractivity contribution is 7.08. The number of rotatable bonds is 3. The highest BCUT2D eigenvalue weighted by Gasteiger charge is 2.48. The van der Waals surface area contributed by atoms with Gasteiger partial charge >= 0.3 is 0 Å². The summed E-state index contributed by atoms with van der Waals surface area (Å²) in [6.45, 7) is 3.52. The number of piperidine rings is 2. The Labute approximate surface area is 145 Å². The number of carbonyl (C=O) groups is 2. The predicted molar refractivity (Wildman–Crippen MR) is 89.7 cm³/mol. The number of nitrogens with zero attached hydrogens (tertiary/aromatic N) is 4. The topological polar surface area (TPSA) is 86.6 Å². The van der Waals surface area contributed by atoms with Crippen molar-refractivity contribution in [3.63, 3.8) is 0 Å². The molecule has 0 aliphatic carbocycles. The molecule has 1 atom stereocenters. The summed E-state index contributed by atoms with van der Waals surface area (Å²) >= 11 is 1.15. The molecule has 1 aromatic heterocycles. The Morgan fingerprint density at radius 1 is 1.42 bits per heavy atom. The van der Waals surface area contributed by atoms with Crippen LogP contribution in [-0.4, -0.2) is 69.1 Å². The number of aliphatic hydroxyl groups excluding tert-OH is 1. The summed E-state index contributed by atoms with van der Waals surface area (Å²) in [6, 6.07) is 0. The molecule has 2 amide bonds. The Bertz CT molecular complexity index is 625. The second kappa shape index (κ2) is 6.76. The van der Waals surface area contributed by atoms with E-state index in [1.807, 2.05) is 0 Å². The second-order valence-corrected chi connectivity index (χ2v) is 7.67. The molecule has 1 aromatic rings. The van der Waals surface area contributed by atoms with Crippen molar-refractivity contribution in [2.24, 2.45) is 5.41 Å². The first kappa shape index (κ1) is 17.3. The van der Waals surface area contributed by atoms with E-state index >= 15 is 0 Å². The minimum Gasteiger partial charge on any atom is -0.391 e. The van der Waals surface area contributed by atoms with Gasteiger partial charge in [0.15, 0.2) is 0 Å². The van der Waals surface area contributed by atoms with Crippen molar-refractivity contribution < 1.29 is 14.7 Å². The van der Waals surface area contributed by atoms with Crippen LogP contribution in [0.3, 0.4) is 0 Å². The summed E-state index contributed by atoms with van der Waals surface area (Å²) in [5.41, 5.74) is 0.262. The number of β-amino-alcohol motifs (C(OH)–C–C–N with tert-alkyl or cyclic N) is 1. The van der Waals surface area contributed by atoms with Crippen LogP contribution in [0, 0.1) is 5.41 Å². The van der Waals surface area contributed by atoms with Crippen LogP contribution in [0.1, 0.15) is 48.0 Å². The molecule has 2 fully saturated rings. The van der Waals surface area contributed by atoms with E-state index in [1.165, 1.54) is 0 Å². The smallest absolute Gasteiger partial charge is 0.267 e. The van der Waals surface area contributed by atoms with Crippen LogP contribution >= 0.6 is 11.5 Å². The van der Waals surface area contributed by atoms with E-state index in [9.17, 15) is 14.7 Å². The number of hydrogen-bond donors (Lipinski definition) is 1. The van der Waals surface area contributed by atoms with Gasteiger partial charge in [0, 0.05) is 26.7 Å². The van der Waals surface area contributed by atoms with Crippen LogP contribution in [0.25, 0.3) is 0 Å². The van der Waals surface area contributed by atoms with E-state index < -0.39 is 11.5 Å². The van der Waals surface area contributed by atoms with E-state index in [4.69, 9.17) is 0 Å². The monoisotopic (exact) mass is 352 g/mol. The minimum absolute atomic E-state index is 0.0274. The highest BCUT2D eigenvalue weighted by atomic mass is 32.1. The van der Waals surface area contributed by atoms with Gasteiger partial charge in [-0.3, -0.25) is 9.59 Å². The van der Waals surface area contributed by atoms with Gasteiger partial charge in [-0.25, -0.2) is 0 Å². The maximum Gasteiger partial charge on any atom is 0.267 e. The number of amides is 2. The number of carbonyl (C=O) groups excluding carboxylic acids is 2. The molecule has 3 heterocycles. The van der Waals surface area contributed by atoms with Crippen molar-refractivity contribution in [2.75, 3.05) is 26.7 Å². The molecule has 2 aliphatic rings. The summed E-state index contributed by atoms with van der Waals surface area (Å²) in [7, 11) is 1.74. The number of aliphatic hydroxyl groups is 1. The molecule has 3 rings (SSSR count). The zero-order valence-corrected chi connectivity index (χ0v) is 15.0. The Balaban J connectivity index is 1.69. The van der Waals surface area contributed by atoms with Crippen molar-refractivity contribution in [1.29, 1.82) is 0 Å². The van der Waals surface area contributed by atoms with E-state index in [2.05, 4.69) is 16.5 Å². The first-order chi connectivity index (χ1) is 11.5. The number of aromatic nitrogens is 2. The maximum atomic E-state index is 12.7. The first-order valence-electron chi connectivity index (χ1n) is 8.51. The molecule has 1 spiro atoms. The molecule has 2 aliphatic heterocycles. The van der Waals surface area contributed by atoms with Gasteiger partial charge in [-0.15, -0.1) is 5.10 Å². The Hall–Kier alpha value is -1.54.